The third kappa shape index (κ3) is 4.82. The number of nitrogens with zero attached hydrogens (tertiary/aromatic N) is 1. The van der Waals surface area contributed by atoms with Crippen molar-refractivity contribution in [2.24, 2.45) is 0 Å². The normalized spacial score (nSPS) is 17.6. The summed E-state index contributed by atoms with van der Waals surface area (Å²) in [6, 6.07) is 6.88. The highest BCUT2D eigenvalue weighted by Crippen LogP contribution is 2.21. The molecule has 0 spiro atoms. The topological polar surface area (TPSA) is 78.9 Å². The Morgan fingerprint density at radius 2 is 2.29 bits per heavy atom. The molecule has 0 bridgehead atoms. The monoisotopic (exact) mass is 312 g/mol. The molecule has 1 aromatic rings. The minimum absolute atomic E-state index is 0.0753. The van der Waals surface area contributed by atoms with E-state index < -0.39 is 5.97 Å². The summed E-state index contributed by atoms with van der Waals surface area (Å²) >= 11 is 5.89. The lowest BCUT2D eigenvalue weighted by molar-refractivity contribution is -0.136. The summed E-state index contributed by atoms with van der Waals surface area (Å²) in [5.41, 5.74) is 0. The summed E-state index contributed by atoms with van der Waals surface area (Å²) in [6.07, 6.45) is 0.578. The van der Waals surface area contributed by atoms with Gasteiger partial charge in [-0.05, 0) is 18.2 Å². The number of aliphatic carboxylic acids is 1. The molecule has 1 heterocycles. The Hall–Kier alpha value is -1.95. The van der Waals surface area contributed by atoms with Crippen molar-refractivity contribution >= 4 is 23.6 Å². The van der Waals surface area contributed by atoms with E-state index in [1.807, 2.05) is 12.1 Å². The first kappa shape index (κ1) is 15.4. The highest BCUT2D eigenvalue weighted by atomic mass is 35.5. The lowest BCUT2D eigenvalue weighted by Crippen LogP contribution is -2.40. The van der Waals surface area contributed by atoms with Crippen LogP contribution in [0.5, 0.6) is 5.75 Å². The van der Waals surface area contributed by atoms with E-state index in [2.05, 4.69) is 5.32 Å². The molecule has 0 aromatic heterocycles. The molecule has 1 saturated heterocycles. The number of carbonyl (C=O) groups is 2. The third-order valence-electron chi connectivity index (χ3n) is 3.15. The van der Waals surface area contributed by atoms with Crippen molar-refractivity contribution in [1.82, 2.24) is 10.2 Å². The lowest BCUT2D eigenvalue weighted by atomic mass is 10.3. The lowest BCUT2D eigenvalue weighted by Gasteiger charge is -2.17. The predicted octanol–water partition coefficient (Wildman–Crippen LogP) is 1.98. The van der Waals surface area contributed by atoms with E-state index in [1.54, 1.807) is 17.0 Å². The minimum Gasteiger partial charge on any atom is -0.488 e. The van der Waals surface area contributed by atoms with Gasteiger partial charge in [-0.1, -0.05) is 17.7 Å². The molecule has 1 aliphatic heterocycles. The Morgan fingerprint density at radius 1 is 1.48 bits per heavy atom. The molecule has 0 radical (unpaired) electrons. The molecule has 21 heavy (non-hydrogen) atoms. The van der Waals surface area contributed by atoms with Gasteiger partial charge in [0.25, 0.3) is 0 Å². The maximum absolute atomic E-state index is 11.8. The van der Waals surface area contributed by atoms with Gasteiger partial charge >= 0.3 is 12.0 Å². The second-order valence-electron chi connectivity index (χ2n) is 4.81. The van der Waals surface area contributed by atoms with Crippen molar-refractivity contribution in [2.75, 3.05) is 19.6 Å². The SMILES string of the molecule is O=C(O)CCNC(=O)N1CCC(Oc2cccc(Cl)c2)C1. The van der Waals surface area contributed by atoms with Crippen LogP contribution in [-0.4, -0.2) is 47.7 Å². The van der Waals surface area contributed by atoms with Crippen molar-refractivity contribution in [3.05, 3.63) is 29.3 Å². The number of nitrogens with one attached hydrogen (secondary N) is 1. The molecule has 1 unspecified atom stereocenters. The van der Waals surface area contributed by atoms with Gasteiger partial charge in [-0.2, -0.15) is 0 Å². The summed E-state index contributed by atoms with van der Waals surface area (Å²) in [7, 11) is 0. The number of carboxylic acids is 1. The van der Waals surface area contributed by atoms with Crippen LogP contribution in [0.2, 0.25) is 5.02 Å². The molecule has 2 amide bonds. The van der Waals surface area contributed by atoms with E-state index in [0.717, 1.165) is 6.42 Å². The highest BCUT2D eigenvalue weighted by Gasteiger charge is 2.27. The molecule has 1 fully saturated rings. The number of halogens is 1. The quantitative estimate of drug-likeness (QED) is 0.871. The van der Waals surface area contributed by atoms with Crippen LogP contribution in [0, 0.1) is 0 Å². The van der Waals surface area contributed by atoms with Gasteiger partial charge in [0.1, 0.15) is 11.9 Å². The van der Waals surface area contributed by atoms with Gasteiger partial charge in [-0.3, -0.25) is 4.79 Å². The second-order valence-corrected chi connectivity index (χ2v) is 5.24. The molecule has 6 nitrogen and oxygen atoms in total. The molecule has 2 N–H and O–H groups in total. The van der Waals surface area contributed by atoms with Crippen molar-refractivity contribution in [3.63, 3.8) is 0 Å². The molecule has 114 valence electrons. The van der Waals surface area contributed by atoms with E-state index >= 15 is 0 Å². The van der Waals surface area contributed by atoms with Gasteiger partial charge < -0.3 is 20.1 Å². The van der Waals surface area contributed by atoms with Crippen LogP contribution in [0.15, 0.2) is 24.3 Å². The zero-order valence-electron chi connectivity index (χ0n) is 11.4. The van der Waals surface area contributed by atoms with Crippen molar-refractivity contribution in [3.8, 4) is 5.75 Å². The zero-order valence-corrected chi connectivity index (χ0v) is 12.2. The molecule has 0 aliphatic carbocycles. The number of carboxylic acid groups (broad SMARTS) is 1. The van der Waals surface area contributed by atoms with Gasteiger partial charge in [-0.15, -0.1) is 0 Å². The fourth-order valence-electron chi connectivity index (χ4n) is 2.13. The molecule has 0 saturated carbocycles. The van der Waals surface area contributed by atoms with Crippen LogP contribution >= 0.6 is 11.6 Å². The highest BCUT2D eigenvalue weighted by molar-refractivity contribution is 6.30. The van der Waals surface area contributed by atoms with Crippen LogP contribution in [0.1, 0.15) is 12.8 Å². The predicted molar refractivity (Wildman–Crippen MR) is 77.7 cm³/mol. The van der Waals surface area contributed by atoms with E-state index in [-0.39, 0.29) is 25.1 Å². The molecule has 7 heteroatoms. The first-order valence-electron chi connectivity index (χ1n) is 6.71. The Labute approximate surface area is 127 Å². The summed E-state index contributed by atoms with van der Waals surface area (Å²) in [4.78, 5) is 23.8. The first-order valence-corrected chi connectivity index (χ1v) is 7.09. The van der Waals surface area contributed by atoms with E-state index in [4.69, 9.17) is 21.4 Å². The fraction of sp³-hybridized carbons (Fsp3) is 0.429. The zero-order chi connectivity index (χ0) is 15.2. The molecule has 1 aliphatic rings. The Kier molecular flexibility index (Phi) is 5.27. The number of hydrogen-bond acceptors (Lipinski definition) is 3. The number of carbonyl (C=O) groups excluding carboxylic acids is 1. The fourth-order valence-corrected chi connectivity index (χ4v) is 2.31. The van der Waals surface area contributed by atoms with Gasteiger partial charge in [0.2, 0.25) is 0 Å². The molecular formula is C14H17ClN2O4. The molecular weight excluding hydrogens is 296 g/mol. The number of hydrogen-bond donors (Lipinski definition) is 2. The van der Waals surface area contributed by atoms with Crippen molar-refractivity contribution in [2.45, 2.75) is 18.9 Å². The summed E-state index contributed by atoms with van der Waals surface area (Å²) < 4.78 is 5.78. The minimum atomic E-state index is -0.932. The number of rotatable bonds is 5. The van der Waals surface area contributed by atoms with Gasteiger partial charge in [0, 0.05) is 24.5 Å². The average molecular weight is 313 g/mol. The van der Waals surface area contributed by atoms with Crippen LogP contribution in [0.4, 0.5) is 4.79 Å². The van der Waals surface area contributed by atoms with Gasteiger partial charge in [-0.25, -0.2) is 4.79 Å². The Balaban J connectivity index is 1.77. The number of benzene rings is 1. The summed E-state index contributed by atoms with van der Waals surface area (Å²) in [5.74, 6) is -0.250. The largest absolute Gasteiger partial charge is 0.488 e. The summed E-state index contributed by atoms with van der Waals surface area (Å²) in [6.45, 7) is 1.19. The Bertz CT molecular complexity index is 523. The Morgan fingerprint density at radius 3 is 3.00 bits per heavy atom. The number of amides is 2. The number of ether oxygens (including phenoxy) is 1. The smallest absolute Gasteiger partial charge is 0.317 e. The summed E-state index contributed by atoms with van der Waals surface area (Å²) in [5, 5.41) is 11.7. The van der Waals surface area contributed by atoms with E-state index in [9.17, 15) is 9.59 Å². The van der Waals surface area contributed by atoms with Gasteiger partial charge in [0.05, 0.1) is 13.0 Å². The van der Waals surface area contributed by atoms with Crippen molar-refractivity contribution in [1.29, 1.82) is 0 Å². The van der Waals surface area contributed by atoms with Crippen LogP contribution < -0.4 is 10.1 Å². The van der Waals surface area contributed by atoms with Crippen LogP contribution in [-0.2, 0) is 4.79 Å². The van der Waals surface area contributed by atoms with Gasteiger partial charge in [0.15, 0.2) is 0 Å². The number of urea groups is 1. The molecule has 1 atom stereocenters. The van der Waals surface area contributed by atoms with Crippen LogP contribution in [0.25, 0.3) is 0 Å². The third-order valence-corrected chi connectivity index (χ3v) is 3.38. The first-order chi connectivity index (χ1) is 10.0. The number of likely N-dealkylation sites (tertiary alicyclic amines) is 1. The van der Waals surface area contributed by atoms with E-state index in [0.29, 0.717) is 23.9 Å². The molecule has 1 aromatic carbocycles. The van der Waals surface area contributed by atoms with Crippen molar-refractivity contribution < 1.29 is 19.4 Å². The van der Waals surface area contributed by atoms with Crippen LogP contribution in [0.3, 0.4) is 0 Å². The maximum atomic E-state index is 11.8. The average Bonchev–Trinajstić information content (AvgIpc) is 2.87. The molecule has 2 rings (SSSR count). The second kappa shape index (κ2) is 7.17. The maximum Gasteiger partial charge on any atom is 0.317 e. The van der Waals surface area contributed by atoms with E-state index in [1.165, 1.54) is 0 Å². The standard InChI is InChI=1S/C14H17ClN2O4/c15-10-2-1-3-11(8-10)21-12-5-7-17(9-12)14(20)16-6-4-13(18)19/h1-3,8,12H,4-7,9H2,(H,16,20)(H,18,19).